The molecule has 0 saturated carbocycles. The van der Waals surface area contributed by atoms with Crippen LogP contribution in [0, 0.1) is 6.92 Å². The summed E-state index contributed by atoms with van der Waals surface area (Å²) in [5.74, 6) is 0.541. The standard InChI is InChI=1S/C9H13F2N3/c1-6-3-7(12)4-13-9(6)14(2)5-8(10)11/h3-4,8H,5,12H2,1-2H3. The zero-order chi connectivity index (χ0) is 10.7. The maximum Gasteiger partial charge on any atom is 0.255 e. The van der Waals surface area contributed by atoms with Gasteiger partial charge in [-0.25, -0.2) is 13.8 Å². The molecule has 0 aliphatic rings. The van der Waals surface area contributed by atoms with Crippen LogP contribution < -0.4 is 10.6 Å². The largest absolute Gasteiger partial charge is 0.397 e. The molecule has 1 aromatic heterocycles. The molecule has 3 nitrogen and oxygen atoms in total. The summed E-state index contributed by atoms with van der Waals surface area (Å²) < 4.78 is 24.2. The smallest absolute Gasteiger partial charge is 0.255 e. The fourth-order valence-electron chi connectivity index (χ4n) is 1.28. The van der Waals surface area contributed by atoms with Crippen LogP contribution in [-0.4, -0.2) is 25.0 Å². The summed E-state index contributed by atoms with van der Waals surface area (Å²) in [6.07, 6.45) is -0.900. The monoisotopic (exact) mass is 201 g/mol. The van der Waals surface area contributed by atoms with Gasteiger partial charge < -0.3 is 10.6 Å². The number of hydrogen-bond donors (Lipinski definition) is 1. The minimum absolute atomic E-state index is 0.322. The number of pyridine rings is 1. The van der Waals surface area contributed by atoms with Gasteiger partial charge in [0.2, 0.25) is 0 Å². The Balaban J connectivity index is 2.84. The van der Waals surface area contributed by atoms with Gasteiger partial charge in [0.15, 0.2) is 0 Å². The molecule has 1 aromatic rings. The first-order valence-corrected chi connectivity index (χ1v) is 4.22. The van der Waals surface area contributed by atoms with Gasteiger partial charge in [0.05, 0.1) is 18.4 Å². The summed E-state index contributed by atoms with van der Waals surface area (Å²) in [6, 6.07) is 1.71. The SMILES string of the molecule is Cc1cc(N)cnc1N(C)CC(F)F. The molecule has 0 radical (unpaired) electrons. The average molecular weight is 201 g/mol. The first kappa shape index (κ1) is 10.7. The van der Waals surface area contributed by atoms with E-state index in [1.54, 1.807) is 20.0 Å². The van der Waals surface area contributed by atoms with Crippen molar-refractivity contribution in [1.29, 1.82) is 0 Å². The number of hydrogen-bond acceptors (Lipinski definition) is 3. The van der Waals surface area contributed by atoms with Gasteiger partial charge in [-0.3, -0.25) is 0 Å². The lowest BCUT2D eigenvalue weighted by Gasteiger charge is -2.19. The van der Waals surface area contributed by atoms with Crippen LogP contribution in [0.15, 0.2) is 12.3 Å². The van der Waals surface area contributed by atoms with Crippen molar-refractivity contribution in [3.05, 3.63) is 17.8 Å². The fraction of sp³-hybridized carbons (Fsp3) is 0.444. The molecule has 78 valence electrons. The van der Waals surface area contributed by atoms with Crippen molar-refractivity contribution in [1.82, 2.24) is 4.98 Å². The molecule has 0 fully saturated rings. The summed E-state index contributed by atoms with van der Waals surface area (Å²) in [5.41, 5.74) is 6.84. The summed E-state index contributed by atoms with van der Waals surface area (Å²) in [6.45, 7) is 1.47. The average Bonchev–Trinajstić information content (AvgIpc) is 2.01. The molecule has 0 aliphatic heterocycles. The van der Waals surface area contributed by atoms with E-state index in [0.29, 0.717) is 11.5 Å². The third-order valence-electron chi connectivity index (χ3n) is 1.85. The van der Waals surface area contributed by atoms with Crippen molar-refractivity contribution in [3.8, 4) is 0 Å². The Morgan fingerprint density at radius 2 is 2.21 bits per heavy atom. The predicted molar refractivity (Wildman–Crippen MR) is 52.7 cm³/mol. The van der Waals surface area contributed by atoms with Crippen LogP contribution in [0.4, 0.5) is 20.3 Å². The van der Waals surface area contributed by atoms with Crippen LogP contribution >= 0.6 is 0 Å². The quantitative estimate of drug-likeness (QED) is 0.808. The molecule has 5 heteroatoms. The summed E-state index contributed by atoms with van der Waals surface area (Å²) in [7, 11) is 1.58. The number of aromatic nitrogens is 1. The third kappa shape index (κ3) is 2.55. The zero-order valence-electron chi connectivity index (χ0n) is 8.17. The Bertz CT molecular complexity index is 315. The minimum atomic E-state index is -2.36. The Hall–Kier alpha value is -1.39. The molecule has 1 rings (SSSR count). The normalized spacial score (nSPS) is 10.6. The molecule has 0 amide bonds. The van der Waals surface area contributed by atoms with Gasteiger partial charge in [-0.05, 0) is 18.6 Å². The fourth-order valence-corrected chi connectivity index (χ4v) is 1.28. The van der Waals surface area contributed by atoms with E-state index in [2.05, 4.69) is 4.98 Å². The first-order chi connectivity index (χ1) is 6.50. The first-order valence-electron chi connectivity index (χ1n) is 4.22. The zero-order valence-corrected chi connectivity index (χ0v) is 8.17. The highest BCUT2D eigenvalue weighted by atomic mass is 19.3. The lowest BCUT2D eigenvalue weighted by atomic mass is 10.2. The highest BCUT2D eigenvalue weighted by Gasteiger charge is 2.11. The highest BCUT2D eigenvalue weighted by molar-refractivity contribution is 5.52. The van der Waals surface area contributed by atoms with Gasteiger partial charge in [-0.1, -0.05) is 0 Å². The molecule has 0 atom stereocenters. The van der Waals surface area contributed by atoms with Crippen molar-refractivity contribution in [2.45, 2.75) is 13.3 Å². The summed E-state index contributed by atoms with van der Waals surface area (Å²) >= 11 is 0. The number of nitrogens with zero attached hydrogens (tertiary/aromatic N) is 2. The van der Waals surface area contributed by atoms with E-state index in [0.717, 1.165) is 5.56 Å². The van der Waals surface area contributed by atoms with Gasteiger partial charge in [0.1, 0.15) is 5.82 Å². The number of rotatable bonds is 3. The van der Waals surface area contributed by atoms with Crippen molar-refractivity contribution >= 4 is 11.5 Å². The number of nitrogens with two attached hydrogens (primary N) is 1. The number of halogens is 2. The number of anilines is 2. The highest BCUT2D eigenvalue weighted by Crippen LogP contribution is 2.18. The van der Waals surface area contributed by atoms with Gasteiger partial charge in [-0.2, -0.15) is 0 Å². The summed E-state index contributed by atoms with van der Waals surface area (Å²) in [4.78, 5) is 5.41. The van der Waals surface area contributed by atoms with Crippen LogP contribution in [-0.2, 0) is 0 Å². The van der Waals surface area contributed by atoms with Gasteiger partial charge in [-0.15, -0.1) is 0 Å². The topological polar surface area (TPSA) is 42.1 Å². The van der Waals surface area contributed by atoms with Crippen molar-refractivity contribution in [2.24, 2.45) is 0 Å². The molecule has 0 bridgehead atoms. The van der Waals surface area contributed by atoms with E-state index in [4.69, 9.17) is 5.73 Å². The molecule has 0 unspecified atom stereocenters. The van der Waals surface area contributed by atoms with Gasteiger partial charge >= 0.3 is 0 Å². The maximum absolute atomic E-state index is 12.1. The lowest BCUT2D eigenvalue weighted by molar-refractivity contribution is 0.156. The predicted octanol–water partition coefficient (Wildman–Crippen LogP) is 1.67. The maximum atomic E-state index is 12.1. The van der Waals surface area contributed by atoms with E-state index in [9.17, 15) is 8.78 Å². The number of nitrogen functional groups attached to an aromatic ring is 1. The van der Waals surface area contributed by atoms with Crippen molar-refractivity contribution in [3.63, 3.8) is 0 Å². The van der Waals surface area contributed by atoms with Crippen LogP contribution in [0.5, 0.6) is 0 Å². The van der Waals surface area contributed by atoms with Crippen LogP contribution in [0.2, 0.25) is 0 Å². The molecule has 0 aromatic carbocycles. The molecule has 14 heavy (non-hydrogen) atoms. The second-order valence-electron chi connectivity index (χ2n) is 3.18. The Labute approximate surface area is 81.5 Å². The minimum Gasteiger partial charge on any atom is -0.397 e. The van der Waals surface area contributed by atoms with Gasteiger partial charge in [0, 0.05) is 7.05 Å². The second-order valence-corrected chi connectivity index (χ2v) is 3.18. The van der Waals surface area contributed by atoms with E-state index < -0.39 is 6.43 Å². The van der Waals surface area contributed by atoms with E-state index in [-0.39, 0.29) is 6.54 Å². The molecule has 0 spiro atoms. The second kappa shape index (κ2) is 4.21. The third-order valence-corrected chi connectivity index (χ3v) is 1.85. The molecule has 2 N–H and O–H groups in total. The Kier molecular flexibility index (Phi) is 3.22. The lowest BCUT2D eigenvalue weighted by Crippen LogP contribution is -2.25. The molecular weight excluding hydrogens is 188 g/mol. The summed E-state index contributed by atoms with van der Waals surface area (Å²) in [5, 5.41) is 0. The van der Waals surface area contributed by atoms with E-state index >= 15 is 0 Å². The number of aryl methyl sites for hydroxylation is 1. The molecule has 0 aliphatic carbocycles. The Morgan fingerprint density at radius 3 is 2.71 bits per heavy atom. The molecule has 0 saturated heterocycles. The van der Waals surface area contributed by atoms with Crippen LogP contribution in [0.25, 0.3) is 0 Å². The van der Waals surface area contributed by atoms with Crippen LogP contribution in [0.1, 0.15) is 5.56 Å². The van der Waals surface area contributed by atoms with Crippen molar-refractivity contribution < 1.29 is 8.78 Å². The Morgan fingerprint density at radius 1 is 1.57 bits per heavy atom. The molecule has 1 heterocycles. The van der Waals surface area contributed by atoms with Gasteiger partial charge in [0.25, 0.3) is 6.43 Å². The number of alkyl halides is 2. The van der Waals surface area contributed by atoms with E-state index in [1.807, 2.05) is 0 Å². The van der Waals surface area contributed by atoms with Crippen molar-refractivity contribution in [2.75, 3.05) is 24.2 Å². The van der Waals surface area contributed by atoms with E-state index in [1.165, 1.54) is 11.1 Å². The molecular formula is C9H13F2N3. The van der Waals surface area contributed by atoms with Crippen LogP contribution in [0.3, 0.4) is 0 Å².